The van der Waals surface area contributed by atoms with Gasteiger partial charge in [0.25, 0.3) is 0 Å². The Balaban J connectivity index is 0.00000676. The third kappa shape index (κ3) is 13.2. The minimum Gasteiger partial charge on any atom is -0.870 e. The lowest BCUT2D eigenvalue weighted by atomic mass is 9.85. The fourth-order valence-electron chi connectivity index (χ4n) is 9.61. The molecule has 18 heteroatoms. The molecule has 0 amide bonds. The first-order chi connectivity index (χ1) is 33.9. The number of sulfonamides is 1. The van der Waals surface area contributed by atoms with Crippen LogP contribution < -0.4 is 19.2 Å². The van der Waals surface area contributed by atoms with Crippen molar-refractivity contribution in [3.8, 4) is 17.2 Å². The number of nitrogens with one attached hydrogen (secondary N) is 1. The van der Waals surface area contributed by atoms with E-state index in [2.05, 4.69) is 9.88 Å². The second-order valence-electron chi connectivity index (χ2n) is 18.6. The SMILES string of the molecule is O=C(C[C@@H](c1ccccc1)c1cccc(OCc2ccc(S(=O)(=O)N3CCC(C(=O)O[C@@H](Cc4c(Cl)c[nH+]cc4Cl)c4ccc(OC(F)F)c(OCC5CC5)c4)CC3)cc2)c1)O[C@H]1CN2CCC1CC2.[OH-]. The van der Waals surface area contributed by atoms with Crippen molar-refractivity contribution < 1.29 is 60.9 Å². The van der Waals surface area contributed by atoms with Crippen LogP contribution >= 0.6 is 23.2 Å². The Hall–Kier alpha value is -5.36. The second-order valence-corrected chi connectivity index (χ2v) is 21.4. The van der Waals surface area contributed by atoms with Crippen LogP contribution in [-0.4, -0.2) is 87.1 Å². The topological polar surface area (TPSA) is 165 Å². The van der Waals surface area contributed by atoms with Gasteiger partial charge in [0.15, 0.2) is 23.9 Å². The number of hydrogen-bond acceptors (Lipinski definition) is 11. The van der Waals surface area contributed by atoms with Gasteiger partial charge in [-0.2, -0.15) is 13.1 Å². The number of H-pyrrole nitrogens is 1. The molecule has 4 saturated heterocycles. The van der Waals surface area contributed by atoms with Crippen LogP contribution in [-0.2, 0) is 42.1 Å². The summed E-state index contributed by atoms with van der Waals surface area (Å²) in [5.74, 6) is -0.306. The number of ether oxygens (including phenoxy) is 5. The van der Waals surface area contributed by atoms with Gasteiger partial charge in [-0.15, -0.1) is 0 Å². The number of esters is 2. The van der Waals surface area contributed by atoms with E-state index in [9.17, 15) is 26.8 Å². The van der Waals surface area contributed by atoms with Gasteiger partial charge in [-0.05, 0) is 122 Å². The number of carbonyl (C=O) groups is 2. The summed E-state index contributed by atoms with van der Waals surface area (Å²) in [6.07, 6.45) is 6.83. The molecule has 1 aromatic heterocycles. The molecule has 3 atom stereocenters. The first kappa shape index (κ1) is 52.0. The zero-order valence-corrected chi connectivity index (χ0v) is 41.3. The van der Waals surface area contributed by atoms with Crippen LogP contribution in [0.4, 0.5) is 8.78 Å². The number of pyridine rings is 1. The van der Waals surface area contributed by atoms with Gasteiger partial charge in [-0.3, -0.25) is 14.5 Å². The number of hydrogen-bond donors (Lipinski definition) is 0. The number of alkyl halides is 2. The summed E-state index contributed by atoms with van der Waals surface area (Å²) in [5, 5.41) is 0.618. The van der Waals surface area contributed by atoms with Crippen molar-refractivity contribution in [1.29, 1.82) is 0 Å². The molecule has 0 unspecified atom stereocenters. The van der Waals surface area contributed by atoms with Crippen molar-refractivity contribution in [3.05, 3.63) is 147 Å². The largest absolute Gasteiger partial charge is 0.870 e. The molecule has 5 aliphatic rings. The van der Waals surface area contributed by atoms with E-state index in [1.165, 1.54) is 22.5 Å². The van der Waals surface area contributed by atoms with Crippen molar-refractivity contribution >= 4 is 45.2 Å². The number of halogens is 4. The third-order valence-corrected chi connectivity index (χ3v) is 16.4. The molecule has 0 radical (unpaired) electrons. The molecule has 2 bridgehead atoms. The van der Waals surface area contributed by atoms with Crippen molar-refractivity contribution in [2.45, 2.75) is 87.6 Å². The molecule has 13 nitrogen and oxygen atoms in total. The smallest absolute Gasteiger partial charge is 0.387 e. The maximum atomic E-state index is 13.9. The summed E-state index contributed by atoms with van der Waals surface area (Å²) in [6.45, 7) is 0.540. The average Bonchev–Trinajstić information content (AvgIpc) is 4.21. The van der Waals surface area contributed by atoms with Crippen LogP contribution in [0.3, 0.4) is 0 Å². The Kier molecular flexibility index (Phi) is 17.2. The van der Waals surface area contributed by atoms with Gasteiger partial charge >= 0.3 is 18.6 Å². The number of benzene rings is 4. The molecule has 378 valence electrons. The highest BCUT2D eigenvalue weighted by atomic mass is 35.5. The summed E-state index contributed by atoms with van der Waals surface area (Å²) in [4.78, 5) is 32.7. The first-order valence-electron chi connectivity index (χ1n) is 23.9. The first-order valence-corrected chi connectivity index (χ1v) is 26.1. The third-order valence-electron chi connectivity index (χ3n) is 13.8. The highest BCUT2D eigenvalue weighted by Crippen LogP contribution is 2.39. The Morgan fingerprint density at radius 3 is 2.13 bits per heavy atom. The van der Waals surface area contributed by atoms with E-state index < -0.39 is 34.6 Å². The van der Waals surface area contributed by atoms with Crippen LogP contribution in [0.2, 0.25) is 10.0 Å². The zero-order chi connectivity index (χ0) is 48.8. The summed E-state index contributed by atoms with van der Waals surface area (Å²) in [5.41, 5.74) is 3.64. The molecule has 5 heterocycles. The molecule has 4 aliphatic heterocycles. The summed E-state index contributed by atoms with van der Waals surface area (Å²) < 4.78 is 84.9. The minimum atomic E-state index is -3.91. The molecule has 5 fully saturated rings. The van der Waals surface area contributed by atoms with Gasteiger partial charge in [-0.1, -0.05) is 83.9 Å². The number of fused-ring (bicyclic) bond motifs is 3. The van der Waals surface area contributed by atoms with Gasteiger partial charge in [0.2, 0.25) is 10.0 Å². The molecule has 1 saturated carbocycles. The Morgan fingerprint density at radius 1 is 0.761 bits per heavy atom. The predicted molar refractivity (Wildman–Crippen MR) is 259 cm³/mol. The highest BCUT2D eigenvalue weighted by Gasteiger charge is 2.38. The fraction of sp³-hybridized carbons (Fsp3) is 0.415. The summed E-state index contributed by atoms with van der Waals surface area (Å²) >= 11 is 13.0. The maximum absolute atomic E-state index is 13.9. The van der Waals surface area contributed by atoms with E-state index in [0.29, 0.717) is 45.4 Å². The van der Waals surface area contributed by atoms with Gasteiger partial charge in [0.05, 0.1) is 23.8 Å². The van der Waals surface area contributed by atoms with Gasteiger partial charge in [0, 0.05) is 37.5 Å². The van der Waals surface area contributed by atoms with E-state index in [1.807, 2.05) is 54.6 Å². The lowest BCUT2D eigenvalue weighted by Gasteiger charge is -2.44. The molecule has 5 aromatic rings. The standard InChI is InChI=1S/C53H55Cl2F2N3O9S.H2O/c54-45-29-58-30-46(55)44(45)27-48(40-13-16-47(69-53(56)57)49(26-40)66-33-34-9-10-34)68-52(62)38-19-23-60(24-20-38)70(63,64)42-14-11-35(12-15-42)32-65-41-8-4-7-39(25-41)43(36-5-2-1-3-6-36)28-51(61)67-50-31-59-21-17-37(50)18-22-59;/h1-8,11-16,25-26,29-30,34,37-38,43,48,50,53H,9-10,17-24,27-28,31-33H2;1H2/t43-,48-,50-;/m0./s1. The summed E-state index contributed by atoms with van der Waals surface area (Å²) in [6, 6.07) is 28.6. The maximum Gasteiger partial charge on any atom is 0.387 e. The van der Waals surface area contributed by atoms with Crippen molar-refractivity contribution in [3.63, 3.8) is 0 Å². The predicted octanol–water partition coefficient (Wildman–Crippen LogP) is 9.69. The van der Waals surface area contributed by atoms with Crippen molar-refractivity contribution in [2.75, 3.05) is 39.3 Å². The van der Waals surface area contributed by atoms with E-state index in [1.54, 1.807) is 36.7 Å². The second kappa shape index (κ2) is 23.5. The Morgan fingerprint density at radius 2 is 1.46 bits per heavy atom. The van der Waals surface area contributed by atoms with Crippen molar-refractivity contribution in [1.82, 2.24) is 9.21 Å². The van der Waals surface area contributed by atoms with E-state index >= 15 is 0 Å². The number of rotatable bonds is 20. The Labute approximate surface area is 422 Å². The van der Waals surface area contributed by atoms with Crippen LogP contribution in [0.15, 0.2) is 114 Å². The quantitative estimate of drug-likeness (QED) is 0.0682. The van der Waals surface area contributed by atoms with Crippen LogP contribution in [0.25, 0.3) is 0 Å². The van der Waals surface area contributed by atoms with Crippen LogP contribution in [0, 0.1) is 17.8 Å². The minimum absolute atomic E-state index is 0. The molecule has 10 rings (SSSR count). The van der Waals surface area contributed by atoms with E-state index in [4.69, 9.17) is 46.9 Å². The fourth-order valence-corrected chi connectivity index (χ4v) is 11.6. The monoisotopic (exact) mass is 1040 g/mol. The molecular formula is C53H57Cl2F2N3O10S. The average molecular weight is 1040 g/mol. The summed E-state index contributed by atoms with van der Waals surface area (Å²) in [7, 11) is -3.91. The normalized spacial score (nSPS) is 20.1. The lowest BCUT2D eigenvalue weighted by molar-refractivity contribution is -0.377. The van der Waals surface area contributed by atoms with E-state index in [0.717, 1.165) is 62.0 Å². The van der Waals surface area contributed by atoms with Crippen LogP contribution in [0.5, 0.6) is 17.2 Å². The number of carbonyl (C=O) groups excluding carboxylic acids is 2. The number of nitrogens with zero attached hydrogens (tertiary/aromatic N) is 2. The molecule has 4 aromatic carbocycles. The number of piperidine rings is 4. The number of aromatic nitrogens is 1. The molecule has 1 aliphatic carbocycles. The molecular weight excluding hydrogens is 980 g/mol. The molecule has 2 N–H and O–H groups in total. The van der Waals surface area contributed by atoms with Gasteiger partial charge in [-0.25, -0.2) is 13.4 Å². The van der Waals surface area contributed by atoms with Crippen LogP contribution in [0.1, 0.15) is 84.8 Å². The highest BCUT2D eigenvalue weighted by molar-refractivity contribution is 7.89. The zero-order valence-electron chi connectivity index (χ0n) is 39.0. The van der Waals surface area contributed by atoms with Gasteiger partial charge in [0.1, 0.15) is 34.6 Å². The molecule has 71 heavy (non-hydrogen) atoms. The van der Waals surface area contributed by atoms with Gasteiger partial charge < -0.3 is 29.2 Å². The Bertz CT molecular complexity index is 2700. The molecule has 0 spiro atoms. The lowest BCUT2D eigenvalue weighted by Crippen LogP contribution is -2.52. The number of aromatic amines is 1. The van der Waals surface area contributed by atoms with E-state index in [-0.39, 0.29) is 85.2 Å². The van der Waals surface area contributed by atoms with Crippen molar-refractivity contribution in [2.24, 2.45) is 17.8 Å².